The number of carbonyl (C=O) groups is 2. The van der Waals surface area contributed by atoms with E-state index in [1.54, 1.807) is 24.3 Å². The number of nitrogens with zero attached hydrogens (tertiary/aromatic N) is 1. The Labute approximate surface area is 258 Å². The lowest BCUT2D eigenvalue weighted by Crippen LogP contribution is -2.30. The van der Waals surface area contributed by atoms with E-state index in [-0.39, 0.29) is 43.9 Å². The maximum absolute atomic E-state index is 12.1. The number of unbranched alkanes of at least 4 members (excludes halogenated alkanes) is 1. The minimum absolute atomic E-state index is 0.0122. The van der Waals surface area contributed by atoms with Gasteiger partial charge >= 0.3 is 5.97 Å². The topological polar surface area (TPSA) is 168 Å². The van der Waals surface area contributed by atoms with Gasteiger partial charge in [0.1, 0.15) is 19.8 Å². The van der Waals surface area contributed by atoms with Gasteiger partial charge in [-0.1, -0.05) is 66.7 Å². The predicted octanol–water partition coefficient (Wildman–Crippen LogP) is 3.80. The van der Waals surface area contributed by atoms with E-state index in [0.29, 0.717) is 56.1 Å². The molecule has 2 aromatic rings. The highest BCUT2D eigenvalue weighted by Crippen LogP contribution is 2.38. The normalized spacial score (nSPS) is 20.3. The Morgan fingerprint density at radius 2 is 1.64 bits per heavy atom. The molecule has 5 atom stereocenters. The second-order valence-corrected chi connectivity index (χ2v) is 11.3. The number of ether oxygens (including phenoxy) is 1. The first-order valence-corrected chi connectivity index (χ1v) is 15.2. The highest BCUT2D eigenvalue weighted by atomic mass is 16.9. The average molecular weight is 613 g/mol. The van der Waals surface area contributed by atoms with Crippen LogP contribution < -0.4 is 5.32 Å². The first-order valence-electron chi connectivity index (χ1n) is 15.2. The molecule has 3 rings (SSSR count). The number of allylic oxidation sites excluding steroid dienone is 2. The van der Waals surface area contributed by atoms with E-state index >= 15 is 0 Å². The molecule has 1 aliphatic rings. The molecule has 1 fully saturated rings. The lowest BCUT2D eigenvalue weighted by Gasteiger charge is -2.23. The number of aryl methyl sites for hydroxylation is 1. The van der Waals surface area contributed by atoms with Gasteiger partial charge in [-0.3, -0.25) is 9.59 Å². The van der Waals surface area contributed by atoms with Gasteiger partial charge in [-0.05, 0) is 79.9 Å². The zero-order valence-corrected chi connectivity index (χ0v) is 25.0. The monoisotopic (exact) mass is 612 g/mol. The molecule has 1 aliphatic carbocycles. The largest absolute Gasteiger partial charge is 0.460 e. The number of benzene rings is 2. The molecule has 44 heavy (non-hydrogen) atoms. The summed E-state index contributed by atoms with van der Waals surface area (Å²) < 4.78 is 5.15. The van der Waals surface area contributed by atoms with Gasteiger partial charge in [0.15, 0.2) is 0 Å². The van der Waals surface area contributed by atoms with Gasteiger partial charge in [-0.15, -0.1) is 10.1 Å². The number of carbonyl (C=O) groups excluding carboxylic acids is 2. The molecule has 2 aromatic carbocycles. The van der Waals surface area contributed by atoms with Crippen LogP contribution in [-0.4, -0.2) is 57.1 Å². The van der Waals surface area contributed by atoms with Crippen LogP contribution in [0.4, 0.5) is 0 Å². The van der Waals surface area contributed by atoms with Crippen molar-refractivity contribution in [2.75, 3.05) is 6.54 Å². The molecule has 0 aromatic heterocycles. The summed E-state index contributed by atoms with van der Waals surface area (Å²) >= 11 is 0. The van der Waals surface area contributed by atoms with Crippen LogP contribution in [0.15, 0.2) is 66.7 Å². The number of hydrogen-bond donors (Lipinski definition) is 4. The van der Waals surface area contributed by atoms with E-state index < -0.39 is 29.4 Å². The molecule has 1 amide bonds. The molecular weight excluding hydrogens is 568 g/mol. The van der Waals surface area contributed by atoms with E-state index in [4.69, 9.17) is 4.74 Å². The number of aliphatic hydroxyl groups excluding tert-OH is 3. The summed E-state index contributed by atoms with van der Waals surface area (Å²) in [5.41, 5.74) is 2.50. The van der Waals surface area contributed by atoms with Gasteiger partial charge in [0.25, 0.3) is 5.09 Å². The Hall–Kier alpha value is -3.80. The number of hydrogen-bond acceptors (Lipinski definition) is 9. The Morgan fingerprint density at radius 1 is 0.955 bits per heavy atom. The molecule has 0 bridgehead atoms. The number of rotatable bonds is 19. The van der Waals surface area contributed by atoms with E-state index in [1.165, 1.54) is 5.56 Å². The highest BCUT2D eigenvalue weighted by molar-refractivity contribution is 5.81. The molecular formula is C33H44N2O9. The van der Waals surface area contributed by atoms with Gasteiger partial charge in [0.2, 0.25) is 5.91 Å². The molecule has 0 saturated heterocycles. The third-order valence-corrected chi connectivity index (χ3v) is 8.00. The molecule has 0 aliphatic heterocycles. The lowest BCUT2D eigenvalue weighted by molar-refractivity contribution is -0.763. The molecule has 11 nitrogen and oxygen atoms in total. The minimum Gasteiger partial charge on any atom is -0.460 e. The lowest BCUT2D eigenvalue weighted by atomic mass is 9.85. The van der Waals surface area contributed by atoms with Crippen molar-refractivity contribution in [1.82, 2.24) is 5.32 Å². The smallest absolute Gasteiger partial charge is 0.325 e. The molecule has 240 valence electrons. The fraction of sp³-hybridized carbons (Fsp3) is 0.515. The first kappa shape index (κ1) is 34.7. The second kappa shape index (κ2) is 18.8. The molecule has 11 heteroatoms. The maximum atomic E-state index is 12.1. The molecule has 0 unspecified atom stereocenters. The fourth-order valence-corrected chi connectivity index (χ4v) is 5.50. The van der Waals surface area contributed by atoms with Crippen LogP contribution in [0.1, 0.15) is 68.1 Å². The molecule has 0 radical (unpaired) electrons. The van der Waals surface area contributed by atoms with E-state index in [0.717, 1.165) is 6.42 Å². The summed E-state index contributed by atoms with van der Waals surface area (Å²) in [6.07, 6.45) is 7.52. The number of esters is 1. The first-order chi connectivity index (χ1) is 21.2. The minimum atomic E-state index is -0.865. The van der Waals surface area contributed by atoms with Gasteiger partial charge in [0.05, 0.1) is 18.3 Å². The van der Waals surface area contributed by atoms with Crippen LogP contribution in [0.3, 0.4) is 0 Å². The Bertz CT molecular complexity index is 1190. The Morgan fingerprint density at radius 3 is 2.34 bits per heavy atom. The van der Waals surface area contributed by atoms with E-state index in [1.807, 2.05) is 42.5 Å². The van der Waals surface area contributed by atoms with Crippen LogP contribution in [-0.2, 0) is 38.8 Å². The Kier molecular flexibility index (Phi) is 14.8. The fourth-order valence-electron chi connectivity index (χ4n) is 5.50. The predicted molar refractivity (Wildman–Crippen MR) is 162 cm³/mol. The van der Waals surface area contributed by atoms with Crippen LogP contribution in [0.5, 0.6) is 0 Å². The average Bonchev–Trinajstić information content (AvgIpc) is 3.29. The zero-order valence-electron chi connectivity index (χ0n) is 25.0. The Balaban J connectivity index is 1.26. The van der Waals surface area contributed by atoms with Crippen molar-refractivity contribution in [2.45, 2.75) is 89.3 Å². The molecule has 1 saturated carbocycles. The van der Waals surface area contributed by atoms with Gasteiger partial charge in [0, 0.05) is 6.42 Å². The van der Waals surface area contributed by atoms with E-state index in [2.05, 4.69) is 10.2 Å². The van der Waals surface area contributed by atoms with Crippen LogP contribution in [0.2, 0.25) is 0 Å². The van der Waals surface area contributed by atoms with Crippen LogP contribution in [0, 0.1) is 22.0 Å². The van der Waals surface area contributed by atoms with Gasteiger partial charge in [-0.25, -0.2) is 0 Å². The summed E-state index contributed by atoms with van der Waals surface area (Å²) in [6, 6.07) is 16.7. The second-order valence-electron chi connectivity index (χ2n) is 11.3. The van der Waals surface area contributed by atoms with Crippen molar-refractivity contribution >= 4 is 11.9 Å². The van der Waals surface area contributed by atoms with Crippen molar-refractivity contribution < 1.29 is 39.6 Å². The standard InChI is InChI=1S/C33H44N2O9/c36-27(17-16-24-8-4-3-5-9-24)18-19-29-28(30(37)20-31(29)38)10-6-1-2-7-11-32(39)34-21-33(40)43-22-25-12-14-26(15-13-25)23-44-35(41)42/h1,3-6,8-9,12-15,27-31,36-38H,2,7,10-11,16-23H2,(H,34,39)/b6-1-/t27-,28+,29+,30-,31+/m0/s1. The quantitative estimate of drug-likeness (QED) is 0.0606. The van der Waals surface area contributed by atoms with Crippen LogP contribution in [0.25, 0.3) is 0 Å². The zero-order chi connectivity index (χ0) is 31.7. The highest BCUT2D eigenvalue weighted by Gasteiger charge is 2.40. The van der Waals surface area contributed by atoms with Crippen LogP contribution >= 0.6 is 0 Å². The van der Waals surface area contributed by atoms with Crippen molar-refractivity contribution in [3.8, 4) is 0 Å². The van der Waals surface area contributed by atoms with E-state index in [9.17, 15) is 35.0 Å². The maximum Gasteiger partial charge on any atom is 0.325 e. The van der Waals surface area contributed by atoms with Crippen molar-refractivity contribution in [1.29, 1.82) is 0 Å². The van der Waals surface area contributed by atoms with Crippen molar-refractivity contribution in [3.63, 3.8) is 0 Å². The molecule has 4 N–H and O–H groups in total. The number of aliphatic hydroxyl groups is 3. The van der Waals surface area contributed by atoms with Gasteiger partial charge < -0.3 is 30.2 Å². The molecule has 0 heterocycles. The number of amides is 1. The summed E-state index contributed by atoms with van der Waals surface area (Å²) in [7, 11) is 0. The van der Waals surface area contributed by atoms with Gasteiger partial charge in [-0.2, -0.15) is 0 Å². The number of nitrogens with one attached hydrogen (secondary N) is 1. The summed E-state index contributed by atoms with van der Waals surface area (Å²) in [5.74, 6) is -0.973. The molecule has 0 spiro atoms. The summed E-state index contributed by atoms with van der Waals surface area (Å²) in [5, 5.41) is 43.4. The van der Waals surface area contributed by atoms with Crippen molar-refractivity contribution in [2.24, 2.45) is 11.8 Å². The summed E-state index contributed by atoms with van der Waals surface area (Å²) in [6.45, 7) is -0.392. The third-order valence-electron chi connectivity index (χ3n) is 8.00. The SMILES string of the molecule is O=C(CCC/C=C\C[C@@H]1[C@@H](CC[C@@H](O)CCc2ccccc2)[C@H](O)C[C@@H]1O)NCC(=O)OCc1ccc(CO[N+](=O)[O-])cc1. The summed E-state index contributed by atoms with van der Waals surface area (Å²) in [4.78, 5) is 38.6. The third kappa shape index (κ3) is 12.8. The van der Waals surface area contributed by atoms with Crippen molar-refractivity contribution in [3.05, 3.63) is 93.6 Å².